The van der Waals surface area contributed by atoms with Crippen molar-refractivity contribution in [3.63, 3.8) is 0 Å². The fraction of sp³-hybridized carbons (Fsp3) is 0.278. The first-order valence-electron chi connectivity index (χ1n) is 15.5. The van der Waals surface area contributed by atoms with Gasteiger partial charge in [0.15, 0.2) is 11.5 Å². The van der Waals surface area contributed by atoms with E-state index in [1.165, 1.54) is 12.5 Å². The number of likely N-dealkylation sites (tertiary alicyclic amines) is 2. The number of carbonyl (C=O) groups excluding carboxylic acids is 4. The average Bonchev–Trinajstić information content (AvgIpc) is 3.88. The van der Waals surface area contributed by atoms with Gasteiger partial charge in [-0.1, -0.05) is 36.4 Å². The number of furan rings is 2. The largest absolute Gasteiger partial charge is 0.459 e. The molecule has 0 unspecified atom stereocenters. The number of aryl methyl sites for hydroxylation is 2. The minimum absolute atomic E-state index is 0.217. The van der Waals surface area contributed by atoms with Crippen molar-refractivity contribution in [1.82, 2.24) is 9.80 Å². The van der Waals surface area contributed by atoms with E-state index in [9.17, 15) is 19.2 Å². The second-order valence-electron chi connectivity index (χ2n) is 11.7. The van der Waals surface area contributed by atoms with Crippen LogP contribution in [-0.2, 0) is 9.59 Å². The van der Waals surface area contributed by atoms with Crippen LogP contribution < -0.4 is 10.6 Å². The minimum atomic E-state index is -0.546. The van der Waals surface area contributed by atoms with Gasteiger partial charge in [0.25, 0.3) is 11.8 Å². The van der Waals surface area contributed by atoms with E-state index < -0.39 is 12.1 Å². The Morgan fingerprint density at radius 1 is 0.630 bits per heavy atom. The Hall–Kier alpha value is -5.38. The van der Waals surface area contributed by atoms with E-state index in [1.54, 1.807) is 21.9 Å². The number of amides is 4. The van der Waals surface area contributed by atoms with Crippen LogP contribution in [0.4, 0.5) is 11.4 Å². The molecule has 2 aliphatic heterocycles. The van der Waals surface area contributed by atoms with Gasteiger partial charge in [-0.3, -0.25) is 19.2 Å². The van der Waals surface area contributed by atoms with Crippen LogP contribution in [0.15, 0.2) is 82.0 Å². The Morgan fingerprint density at radius 2 is 1.02 bits per heavy atom. The summed E-state index contributed by atoms with van der Waals surface area (Å²) in [5, 5.41) is 5.88. The van der Waals surface area contributed by atoms with Crippen molar-refractivity contribution < 1.29 is 28.0 Å². The van der Waals surface area contributed by atoms with Crippen LogP contribution in [0.25, 0.3) is 12.2 Å². The van der Waals surface area contributed by atoms with Crippen LogP contribution in [0.5, 0.6) is 0 Å². The van der Waals surface area contributed by atoms with Gasteiger partial charge in [0, 0.05) is 35.6 Å². The van der Waals surface area contributed by atoms with Gasteiger partial charge < -0.3 is 29.3 Å². The molecule has 2 aromatic carbocycles. The number of carbonyl (C=O) groups is 4. The maximum absolute atomic E-state index is 13.1. The Bertz CT molecular complexity index is 1640. The summed E-state index contributed by atoms with van der Waals surface area (Å²) in [5.74, 6) is -0.398. The summed E-state index contributed by atoms with van der Waals surface area (Å²) in [4.78, 5) is 55.2. The summed E-state index contributed by atoms with van der Waals surface area (Å²) >= 11 is 0. The highest BCUT2D eigenvalue weighted by Gasteiger charge is 2.37. The maximum Gasteiger partial charge on any atom is 0.290 e. The fourth-order valence-electron chi connectivity index (χ4n) is 6.01. The molecule has 0 saturated carbocycles. The quantitative estimate of drug-likeness (QED) is 0.228. The van der Waals surface area contributed by atoms with Crippen LogP contribution in [0.2, 0.25) is 0 Å². The molecule has 4 heterocycles. The molecule has 10 nitrogen and oxygen atoms in total. The summed E-state index contributed by atoms with van der Waals surface area (Å²) in [6.07, 6.45) is 9.61. The van der Waals surface area contributed by atoms with E-state index in [0.717, 1.165) is 35.1 Å². The molecule has 2 atom stereocenters. The lowest BCUT2D eigenvalue weighted by Gasteiger charge is -2.23. The number of rotatable bonds is 8. The molecular formula is C36H36N4O6. The lowest BCUT2D eigenvalue weighted by atomic mass is 10.1. The van der Waals surface area contributed by atoms with Crippen molar-refractivity contribution in [1.29, 1.82) is 0 Å². The first kappa shape index (κ1) is 30.6. The van der Waals surface area contributed by atoms with E-state index in [2.05, 4.69) is 10.6 Å². The van der Waals surface area contributed by atoms with Crippen LogP contribution in [0.3, 0.4) is 0 Å². The highest BCUT2D eigenvalue weighted by Crippen LogP contribution is 2.25. The molecular weight excluding hydrogens is 584 g/mol. The second-order valence-corrected chi connectivity index (χ2v) is 11.7. The molecule has 4 amide bonds. The van der Waals surface area contributed by atoms with Gasteiger partial charge in [0.05, 0.1) is 12.5 Å². The molecule has 0 bridgehead atoms. The highest BCUT2D eigenvalue weighted by molar-refractivity contribution is 6.02. The van der Waals surface area contributed by atoms with Crippen LogP contribution in [0.1, 0.15) is 69.0 Å². The van der Waals surface area contributed by atoms with Gasteiger partial charge >= 0.3 is 0 Å². The number of benzene rings is 2. The van der Waals surface area contributed by atoms with Crippen molar-refractivity contribution >= 4 is 47.2 Å². The third-order valence-electron chi connectivity index (χ3n) is 8.57. The van der Waals surface area contributed by atoms with E-state index in [-0.39, 0.29) is 35.1 Å². The third-order valence-corrected chi connectivity index (χ3v) is 8.57. The maximum atomic E-state index is 13.1. The zero-order chi connectivity index (χ0) is 32.2. The molecule has 46 heavy (non-hydrogen) atoms. The lowest BCUT2D eigenvalue weighted by molar-refractivity contribution is -0.120. The molecule has 6 rings (SSSR count). The Morgan fingerprint density at radius 3 is 1.37 bits per heavy atom. The zero-order valence-corrected chi connectivity index (χ0v) is 25.8. The Kier molecular flexibility index (Phi) is 8.87. The first-order valence-corrected chi connectivity index (χ1v) is 15.5. The van der Waals surface area contributed by atoms with Gasteiger partial charge in [-0.2, -0.15) is 0 Å². The summed E-state index contributed by atoms with van der Waals surface area (Å²) in [5.41, 5.74) is 4.70. The van der Waals surface area contributed by atoms with Crippen molar-refractivity contribution in [2.45, 2.75) is 51.6 Å². The number of anilines is 2. The zero-order valence-electron chi connectivity index (χ0n) is 25.8. The molecule has 2 aliphatic rings. The van der Waals surface area contributed by atoms with Gasteiger partial charge in [-0.25, -0.2) is 0 Å². The predicted octanol–water partition coefficient (Wildman–Crippen LogP) is 6.15. The normalized spacial score (nSPS) is 17.9. The van der Waals surface area contributed by atoms with E-state index in [4.69, 9.17) is 8.83 Å². The van der Waals surface area contributed by atoms with E-state index in [1.807, 2.05) is 74.5 Å². The summed E-state index contributed by atoms with van der Waals surface area (Å²) < 4.78 is 10.7. The Balaban J connectivity index is 1.01. The van der Waals surface area contributed by atoms with Crippen molar-refractivity contribution in [3.05, 3.63) is 107 Å². The molecule has 2 fully saturated rings. The molecule has 0 spiro atoms. The molecule has 0 aliphatic carbocycles. The van der Waals surface area contributed by atoms with Gasteiger partial charge in [0.1, 0.15) is 12.1 Å². The topological polar surface area (TPSA) is 125 Å². The fourth-order valence-corrected chi connectivity index (χ4v) is 6.01. The smallest absolute Gasteiger partial charge is 0.290 e. The predicted molar refractivity (Wildman–Crippen MR) is 174 cm³/mol. The van der Waals surface area contributed by atoms with Gasteiger partial charge in [0.2, 0.25) is 11.8 Å². The monoisotopic (exact) mass is 620 g/mol. The minimum Gasteiger partial charge on any atom is -0.459 e. The summed E-state index contributed by atoms with van der Waals surface area (Å²) in [6, 6.07) is 17.3. The van der Waals surface area contributed by atoms with Crippen molar-refractivity contribution in [2.75, 3.05) is 23.7 Å². The highest BCUT2D eigenvalue weighted by atomic mass is 16.3. The molecule has 10 heteroatoms. The number of nitrogens with one attached hydrogen (secondary N) is 2. The molecule has 2 saturated heterocycles. The van der Waals surface area contributed by atoms with Crippen LogP contribution in [0, 0.1) is 13.8 Å². The lowest BCUT2D eigenvalue weighted by Crippen LogP contribution is -2.43. The molecule has 236 valence electrons. The molecule has 0 radical (unpaired) electrons. The van der Waals surface area contributed by atoms with Crippen LogP contribution >= 0.6 is 0 Å². The number of nitrogens with zero attached hydrogens (tertiary/aromatic N) is 2. The SMILES string of the molecule is Cc1ccoc1C(=O)N1CCC[C@H]1C(=O)Nc1ccc(/C=C/c2ccc(NC(=O)[C@@H]3CCCN3C(=O)c3occc3C)cc2)cc1. The standard InChI is InChI=1S/C36H36N4O6/c1-23-17-21-45-31(23)35(43)39-19-3-5-29(39)33(41)37-27-13-9-25(10-14-27)7-8-26-11-15-28(16-12-26)38-34(42)30-6-4-20-40(30)36(44)32-24(2)18-22-46-32/h7-18,21-22,29-30H,3-6,19-20H2,1-2H3,(H,37,41)(H,38,42)/b8-7+/t29-,30-/m0/s1. The number of hydrogen-bond acceptors (Lipinski definition) is 6. The van der Waals surface area contributed by atoms with Crippen molar-refractivity contribution in [3.8, 4) is 0 Å². The van der Waals surface area contributed by atoms with E-state index in [0.29, 0.717) is 37.3 Å². The van der Waals surface area contributed by atoms with Gasteiger partial charge in [-0.15, -0.1) is 0 Å². The third kappa shape index (κ3) is 6.51. The van der Waals surface area contributed by atoms with Crippen LogP contribution in [-0.4, -0.2) is 58.6 Å². The average molecular weight is 621 g/mol. The molecule has 4 aromatic rings. The molecule has 2 aromatic heterocycles. The van der Waals surface area contributed by atoms with Crippen molar-refractivity contribution in [2.24, 2.45) is 0 Å². The van der Waals surface area contributed by atoms with Gasteiger partial charge in [-0.05, 0) is 87.1 Å². The van der Waals surface area contributed by atoms with E-state index >= 15 is 0 Å². The Labute approximate surface area is 267 Å². The first-order chi connectivity index (χ1) is 22.3. The number of hydrogen-bond donors (Lipinski definition) is 2. The second kappa shape index (κ2) is 13.3. The summed E-state index contributed by atoms with van der Waals surface area (Å²) in [7, 11) is 0. The summed E-state index contributed by atoms with van der Waals surface area (Å²) in [6.45, 7) is 4.66. The molecule has 2 N–H and O–H groups in total.